The van der Waals surface area contributed by atoms with Crippen LogP contribution in [0.15, 0.2) is 46.9 Å². The highest BCUT2D eigenvalue weighted by molar-refractivity contribution is 5.99. The summed E-state index contributed by atoms with van der Waals surface area (Å²) in [4.78, 5) is 11.0. The van der Waals surface area contributed by atoms with E-state index in [4.69, 9.17) is 5.73 Å². The molecule has 0 radical (unpaired) electrons. The van der Waals surface area contributed by atoms with Gasteiger partial charge in [0.15, 0.2) is 0 Å². The van der Waals surface area contributed by atoms with Crippen molar-refractivity contribution in [1.82, 2.24) is 14.7 Å². The van der Waals surface area contributed by atoms with Crippen LogP contribution >= 0.6 is 0 Å². The quantitative estimate of drug-likeness (QED) is 0.847. The summed E-state index contributed by atoms with van der Waals surface area (Å²) in [7, 11) is 5.95. The lowest BCUT2D eigenvalue weighted by Gasteiger charge is -2.41. The Bertz CT molecular complexity index is 880. The van der Waals surface area contributed by atoms with Gasteiger partial charge in [-0.2, -0.15) is 5.26 Å². The van der Waals surface area contributed by atoms with Crippen molar-refractivity contribution in [2.45, 2.75) is 31.8 Å². The number of nitrogens with zero attached hydrogens (tertiary/aromatic N) is 5. The normalized spacial score (nSPS) is 20.8. The van der Waals surface area contributed by atoms with Crippen LogP contribution in [-0.4, -0.2) is 60.8 Å². The third kappa shape index (κ3) is 4.77. The summed E-state index contributed by atoms with van der Waals surface area (Å²) in [5.41, 5.74) is 8.55. The molecular weight excluding hydrogens is 367 g/mol. The van der Waals surface area contributed by atoms with Crippen molar-refractivity contribution in [2.75, 3.05) is 34.2 Å². The van der Waals surface area contributed by atoms with E-state index in [0.717, 1.165) is 49.6 Å². The molecule has 1 saturated heterocycles. The Morgan fingerprint density at radius 2 is 2.17 bits per heavy atom. The van der Waals surface area contributed by atoms with Gasteiger partial charge in [-0.05, 0) is 43.0 Å². The summed E-state index contributed by atoms with van der Waals surface area (Å²) < 4.78 is 13.9. The molecule has 1 aromatic carbocycles. The van der Waals surface area contributed by atoms with Crippen LogP contribution in [0.4, 0.5) is 4.39 Å². The molecule has 7 heteroatoms. The fourth-order valence-electron chi connectivity index (χ4n) is 4.04. The van der Waals surface area contributed by atoms with Crippen LogP contribution in [0.2, 0.25) is 0 Å². The number of hydrogen-bond acceptors (Lipinski definition) is 6. The first-order chi connectivity index (χ1) is 13.9. The highest BCUT2D eigenvalue weighted by Gasteiger charge is 2.27. The van der Waals surface area contributed by atoms with Gasteiger partial charge in [-0.15, -0.1) is 0 Å². The largest absolute Gasteiger partial charge is 0.362 e. The van der Waals surface area contributed by atoms with E-state index in [0.29, 0.717) is 17.7 Å². The van der Waals surface area contributed by atoms with Crippen LogP contribution < -0.4 is 5.73 Å². The molecule has 0 spiro atoms. The molecule has 0 aromatic heterocycles. The summed E-state index contributed by atoms with van der Waals surface area (Å²) >= 11 is 0. The molecule has 3 rings (SSSR count). The van der Waals surface area contributed by atoms with Crippen LogP contribution in [0.3, 0.4) is 0 Å². The van der Waals surface area contributed by atoms with Gasteiger partial charge in [0.05, 0.1) is 11.6 Å². The van der Waals surface area contributed by atoms with Crippen molar-refractivity contribution in [1.29, 1.82) is 5.26 Å². The number of likely N-dealkylation sites (tertiary alicyclic amines) is 1. The van der Waals surface area contributed by atoms with E-state index in [9.17, 15) is 9.65 Å². The summed E-state index contributed by atoms with van der Waals surface area (Å²) in [6.45, 7) is 2.10. The molecule has 6 nitrogen and oxygen atoms in total. The Kier molecular flexibility index (Phi) is 6.55. The lowest BCUT2D eigenvalue weighted by molar-refractivity contribution is 0.184. The Morgan fingerprint density at radius 1 is 1.38 bits per heavy atom. The number of aliphatic imine (C=N–C) groups is 1. The molecule has 0 saturated carbocycles. The average Bonchev–Trinajstić information content (AvgIpc) is 2.69. The minimum absolute atomic E-state index is 0.121. The van der Waals surface area contributed by atoms with Crippen LogP contribution in [0.5, 0.6) is 0 Å². The van der Waals surface area contributed by atoms with Gasteiger partial charge in [0.25, 0.3) is 0 Å². The van der Waals surface area contributed by atoms with E-state index in [2.05, 4.69) is 20.9 Å². The number of piperidine rings is 1. The van der Waals surface area contributed by atoms with Crippen LogP contribution in [0.25, 0.3) is 0 Å². The number of allylic oxidation sites excluding steroid dienone is 1. The maximum Gasteiger partial charge on any atom is 0.135 e. The smallest absolute Gasteiger partial charge is 0.135 e. The van der Waals surface area contributed by atoms with Crippen molar-refractivity contribution in [2.24, 2.45) is 10.7 Å². The topological polar surface area (TPSA) is 71.9 Å². The van der Waals surface area contributed by atoms with E-state index in [1.165, 1.54) is 18.2 Å². The van der Waals surface area contributed by atoms with Crippen LogP contribution in [-0.2, 0) is 6.54 Å². The SMILES string of the molecule is CN(C)C1=NC=CC/C1=C(/N(C)Cc1cc(F)ccc1C#N)N1CCCC(N)C1. The Labute approximate surface area is 172 Å². The van der Waals surface area contributed by atoms with E-state index < -0.39 is 0 Å². The lowest BCUT2D eigenvalue weighted by Crippen LogP contribution is -2.47. The minimum atomic E-state index is -0.335. The summed E-state index contributed by atoms with van der Waals surface area (Å²) in [5.74, 6) is 1.62. The van der Waals surface area contributed by atoms with Gasteiger partial charge in [-0.3, -0.25) is 0 Å². The first-order valence-electron chi connectivity index (χ1n) is 9.94. The fraction of sp³-hybridized carbons (Fsp3) is 0.455. The second-order valence-corrected chi connectivity index (χ2v) is 7.86. The molecule has 0 bridgehead atoms. The molecule has 154 valence electrons. The molecule has 2 aliphatic rings. The first-order valence-corrected chi connectivity index (χ1v) is 9.94. The maximum atomic E-state index is 13.9. The number of amidine groups is 1. The minimum Gasteiger partial charge on any atom is -0.362 e. The van der Waals surface area contributed by atoms with Crippen molar-refractivity contribution >= 4 is 5.84 Å². The molecule has 1 fully saturated rings. The standard InChI is InChI=1S/C22H29FN6/c1-27(2)21-20(7-4-10-26-21)22(29-11-5-6-19(25)15-29)28(3)14-17-12-18(23)9-8-16(17)13-24/h4,8-10,12,19H,5-7,11,14-15,25H2,1-3H3/b22-20+. The molecular formula is C22H29FN6. The number of nitrogens with two attached hydrogens (primary N) is 1. The van der Waals surface area contributed by atoms with Crippen molar-refractivity contribution in [3.63, 3.8) is 0 Å². The zero-order valence-corrected chi connectivity index (χ0v) is 17.4. The molecule has 1 unspecified atom stereocenters. The second kappa shape index (κ2) is 9.10. The van der Waals surface area contributed by atoms with Gasteiger partial charge in [0, 0.05) is 58.6 Å². The zero-order chi connectivity index (χ0) is 21.0. The van der Waals surface area contributed by atoms with E-state index >= 15 is 0 Å². The molecule has 29 heavy (non-hydrogen) atoms. The third-order valence-corrected chi connectivity index (χ3v) is 5.30. The van der Waals surface area contributed by atoms with E-state index in [1.807, 2.05) is 38.3 Å². The first kappa shape index (κ1) is 20.9. The average molecular weight is 397 g/mol. The number of hydrogen-bond donors (Lipinski definition) is 1. The molecule has 0 aliphatic carbocycles. The summed E-state index contributed by atoms with van der Waals surface area (Å²) in [6.07, 6.45) is 6.68. The van der Waals surface area contributed by atoms with Gasteiger partial charge in [0.1, 0.15) is 17.5 Å². The van der Waals surface area contributed by atoms with Crippen molar-refractivity contribution in [3.05, 3.63) is 58.8 Å². The molecule has 1 aromatic rings. The number of likely N-dealkylation sites (N-methyl/N-ethyl adjacent to an activating group) is 1. The van der Waals surface area contributed by atoms with Crippen molar-refractivity contribution < 1.29 is 4.39 Å². The third-order valence-electron chi connectivity index (χ3n) is 5.30. The summed E-state index contributed by atoms with van der Waals surface area (Å²) in [5, 5.41) is 9.44. The lowest BCUT2D eigenvalue weighted by atomic mass is 10.0. The van der Waals surface area contributed by atoms with Gasteiger partial charge in [-0.25, -0.2) is 9.38 Å². The number of nitriles is 1. The molecule has 2 aliphatic heterocycles. The molecule has 2 N–H and O–H groups in total. The molecule has 2 heterocycles. The molecule has 1 atom stereocenters. The highest BCUT2D eigenvalue weighted by atomic mass is 19.1. The Hall–Kier alpha value is -2.85. The van der Waals surface area contributed by atoms with Crippen LogP contribution in [0, 0.1) is 17.1 Å². The van der Waals surface area contributed by atoms with Crippen LogP contribution in [0.1, 0.15) is 30.4 Å². The fourth-order valence-corrected chi connectivity index (χ4v) is 4.04. The van der Waals surface area contributed by atoms with Gasteiger partial charge >= 0.3 is 0 Å². The van der Waals surface area contributed by atoms with Gasteiger partial charge < -0.3 is 20.4 Å². The zero-order valence-electron chi connectivity index (χ0n) is 17.4. The highest BCUT2D eigenvalue weighted by Crippen LogP contribution is 2.27. The van der Waals surface area contributed by atoms with E-state index in [-0.39, 0.29) is 11.9 Å². The van der Waals surface area contributed by atoms with Gasteiger partial charge in [0.2, 0.25) is 0 Å². The monoisotopic (exact) mass is 396 g/mol. The van der Waals surface area contributed by atoms with E-state index in [1.54, 1.807) is 0 Å². The number of rotatable bonds is 4. The maximum absolute atomic E-state index is 13.9. The predicted octanol–water partition coefficient (Wildman–Crippen LogP) is 2.64. The second-order valence-electron chi connectivity index (χ2n) is 7.86. The van der Waals surface area contributed by atoms with Gasteiger partial charge in [-0.1, -0.05) is 6.08 Å². The molecule has 0 amide bonds. The number of benzene rings is 1. The Morgan fingerprint density at radius 3 is 2.86 bits per heavy atom. The van der Waals surface area contributed by atoms with Crippen molar-refractivity contribution in [3.8, 4) is 6.07 Å². The Balaban J connectivity index is 2.03. The number of halogens is 1. The summed E-state index contributed by atoms with van der Waals surface area (Å²) in [6, 6.07) is 6.61. The predicted molar refractivity (Wildman–Crippen MR) is 113 cm³/mol.